The molecule has 152 valence electrons. The summed E-state index contributed by atoms with van der Waals surface area (Å²) in [4.78, 5) is 4.65. The number of hydrogen-bond acceptors (Lipinski definition) is 2. The smallest absolute Gasteiger partial charge is 0.169 e. The Balaban J connectivity index is 1.17. The van der Waals surface area contributed by atoms with Gasteiger partial charge in [0.2, 0.25) is 0 Å². The van der Waals surface area contributed by atoms with Crippen molar-refractivity contribution in [2.24, 2.45) is 23.2 Å². The molecule has 28 heavy (non-hydrogen) atoms. The van der Waals surface area contributed by atoms with Crippen LogP contribution in [0.3, 0.4) is 0 Å². The van der Waals surface area contributed by atoms with Gasteiger partial charge in [-0.1, -0.05) is 0 Å². The largest absolute Gasteiger partial charge is 0.368 e. The molecule has 4 aliphatic carbocycles. The zero-order chi connectivity index (χ0) is 19.3. The van der Waals surface area contributed by atoms with Gasteiger partial charge in [-0.2, -0.15) is 0 Å². The van der Waals surface area contributed by atoms with E-state index in [9.17, 15) is 4.39 Å². The lowest BCUT2D eigenvalue weighted by molar-refractivity contribution is -0.0675. The standard InChI is InChI=1S/C23H32FN3S/c1-16(23-13-17-10-18(14-23)12-19(11-17)15-23)25-22(28)27-8-6-26(7-9-27)21-4-2-20(24)3-5-21/h2-5,16-19H,6-15H2,1H3,(H,25,28). The molecule has 0 amide bonds. The van der Waals surface area contributed by atoms with E-state index >= 15 is 0 Å². The van der Waals surface area contributed by atoms with Crippen LogP contribution < -0.4 is 10.2 Å². The van der Waals surface area contributed by atoms with Crippen LogP contribution in [0.2, 0.25) is 0 Å². The second kappa shape index (κ2) is 7.16. The van der Waals surface area contributed by atoms with Crippen LogP contribution in [0.4, 0.5) is 10.1 Å². The molecule has 1 aliphatic heterocycles. The van der Waals surface area contributed by atoms with E-state index < -0.39 is 0 Å². The summed E-state index contributed by atoms with van der Waals surface area (Å²) in [5.41, 5.74) is 1.58. The van der Waals surface area contributed by atoms with E-state index in [0.717, 1.165) is 54.7 Å². The molecule has 1 aromatic carbocycles. The summed E-state index contributed by atoms with van der Waals surface area (Å²) >= 11 is 5.82. The summed E-state index contributed by atoms with van der Waals surface area (Å²) in [5.74, 6) is 2.75. The first-order valence-corrected chi connectivity index (χ1v) is 11.5. The Morgan fingerprint density at radius 2 is 1.54 bits per heavy atom. The van der Waals surface area contributed by atoms with Crippen LogP contribution in [0.1, 0.15) is 45.4 Å². The Labute approximate surface area is 173 Å². The molecule has 0 radical (unpaired) electrons. The molecule has 4 saturated carbocycles. The SMILES string of the molecule is CC(NC(=S)N1CCN(c2ccc(F)cc2)CC1)C12CC3CC(CC(C3)C1)C2. The molecule has 1 atom stereocenters. The average molecular weight is 402 g/mol. The minimum atomic E-state index is -0.175. The molecule has 0 aromatic heterocycles. The van der Waals surface area contributed by atoms with E-state index in [2.05, 4.69) is 22.0 Å². The van der Waals surface area contributed by atoms with Crippen molar-refractivity contribution in [2.75, 3.05) is 31.1 Å². The van der Waals surface area contributed by atoms with Crippen LogP contribution >= 0.6 is 12.2 Å². The van der Waals surface area contributed by atoms with E-state index in [1.807, 2.05) is 12.1 Å². The molecule has 1 saturated heterocycles. The van der Waals surface area contributed by atoms with E-state index in [1.165, 1.54) is 38.5 Å². The molecule has 1 aromatic rings. The van der Waals surface area contributed by atoms with Crippen LogP contribution in [-0.2, 0) is 0 Å². The maximum atomic E-state index is 13.2. The number of halogens is 1. The highest BCUT2D eigenvalue weighted by atomic mass is 32.1. The van der Waals surface area contributed by atoms with Gasteiger partial charge in [0.1, 0.15) is 5.82 Å². The maximum Gasteiger partial charge on any atom is 0.169 e. The van der Waals surface area contributed by atoms with Gasteiger partial charge in [0.15, 0.2) is 5.11 Å². The number of hydrogen-bond donors (Lipinski definition) is 1. The van der Waals surface area contributed by atoms with Gasteiger partial charge in [0.05, 0.1) is 0 Å². The molecule has 0 spiro atoms. The molecular formula is C23H32FN3S. The number of nitrogens with one attached hydrogen (secondary N) is 1. The van der Waals surface area contributed by atoms with Gasteiger partial charge in [-0.25, -0.2) is 4.39 Å². The molecule has 3 nitrogen and oxygen atoms in total. The third kappa shape index (κ3) is 3.40. The summed E-state index contributed by atoms with van der Waals surface area (Å²) in [6.07, 6.45) is 8.70. The van der Waals surface area contributed by atoms with E-state index in [1.54, 1.807) is 12.1 Å². The van der Waals surface area contributed by atoms with Crippen molar-refractivity contribution in [3.05, 3.63) is 30.1 Å². The predicted molar refractivity (Wildman–Crippen MR) is 116 cm³/mol. The summed E-state index contributed by atoms with van der Waals surface area (Å²) in [6.45, 7) is 6.10. The Morgan fingerprint density at radius 1 is 1.00 bits per heavy atom. The fraction of sp³-hybridized carbons (Fsp3) is 0.696. The number of nitrogens with zero attached hydrogens (tertiary/aromatic N) is 2. The lowest BCUT2D eigenvalue weighted by Gasteiger charge is -2.59. The van der Waals surface area contributed by atoms with Gasteiger partial charge in [0, 0.05) is 37.9 Å². The van der Waals surface area contributed by atoms with Gasteiger partial charge in [-0.15, -0.1) is 0 Å². The third-order valence-corrected chi connectivity index (χ3v) is 8.48. The molecule has 5 aliphatic rings. The van der Waals surface area contributed by atoms with Crippen molar-refractivity contribution < 1.29 is 4.39 Å². The Kier molecular flexibility index (Phi) is 4.77. The van der Waals surface area contributed by atoms with E-state index in [-0.39, 0.29) is 5.82 Å². The Hall–Kier alpha value is -1.36. The number of benzene rings is 1. The zero-order valence-corrected chi connectivity index (χ0v) is 17.7. The fourth-order valence-corrected chi connectivity index (χ4v) is 7.32. The topological polar surface area (TPSA) is 18.5 Å². The summed E-state index contributed by atoms with van der Waals surface area (Å²) in [5, 5.41) is 4.69. The van der Waals surface area contributed by atoms with Gasteiger partial charge >= 0.3 is 0 Å². The Morgan fingerprint density at radius 3 is 2.07 bits per heavy atom. The number of anilines is 1. The van der Waals surface area contributed by atoms with Crippen molar-refractivity contribution in [3.8, 4) is 0 Å². The molecular weight excluding hydrogens is 369 g/mol. The molecule has 1 N–H and O–H groups in total. The third-order valence-electron chi connectivity index (χ3n) is 8.10. The van der Waals surface area contributed by atoms with Crippen LogP contribution in [0.15, 0.2) is 24.3 Å². The second-order valence-electron chi connectivity index (χ2n) is 9.90. The normalized spacial score (nSPS) is 35.1. The maximum absolute atomic E-state index is 13.2. The highest BCUT2D eigenvalue weighted by Crippen LogP contribution is 2.61. The van der Waals surface area contributed by atoms with Crippen molar-refractivity contribution in [2.45, 2.75) is 51.5 Å². The summed E-state index contributed by atoms with van der Waals surface area (Å²) in [7, 11) is 0. The highest BCUT2D eigenvalue weighted by molar-refractivity contribution is 7.80. The molecule has 5 fully saturated rings. The van der Waals surface area contributed by atoms with Crippen LogP contribution in [0.5, 0.6) is 0 Å². The first kappa shape index (κ1) is 18.7. The number of piperazine rings is 1. The highest BCUT2D eigenvalue weighted by Gasteiger charge is 2.53. The predicted octanol–water partition coefficient (Wildman–Crippen LogP) is 4.43. The summed E-state index contributed by atoms with van der Waals surface area (Å²) in [6, 6.07) is 7.30. The van der Waals surface area contributed by atoms with Crippen molar-refractivity contribution in [1.82, 2.24) is 10.2 Å². The molecule has 1 unspecified atom stereocenters. The lowest BCUT2D eigenvalue weighted by Crippen LogP contribution is -2.59. The zero-order valence-electron chi connectivity index (χ0n) is 16.9. The summed E-state index contributed by atoms with van der Waals surface area (Å²) < 4.78 is 13.2. The van der Waals surface area contributed by atoms with Crippen LogP contribution in [-0.4, -0.2) is 42.2 Å². The molecule has 4 bridgehead atoms. The first-order chi connectivity index (χ1) is 13.5. The average Bonchev–Trinajstić information content (AvgIpc) is 2.67. The Bertz CT molecular complexity index is 691. The molecule has 1 heterocycles. The van der Waals surface area contributed by atoms with E-state index in [0.29, 0.717) is 11.5 Å². The fourth-order valence-electron chi connectivity index (χ4n) is 6.96. The van der Waals surface area contributed by atoms with E-state index in [4.69, 9.17) is 12.2 Å². The van der Waals surface area contributed by atoms with Crippen LogP contribution in [0, 0.1) is 29.0 Å². The molecule has 5 heteroatoms. The number of thiocarbonyl (C=S) groups is 1. The first-order valence-electron chi connectivity index (χ1n) is 11.1. The monoisotopic (exact) mass is 401 g/mol. The van der Waals surface area contributed by atoms with Gasteiger partial charge in [-0.3, -0.25) is 0 Å². The van der Waals surface area contributed by atoms with Crippen molar-refractivity contribution in [3.63, 3.8) is 0 Å². The van der Waals surface area contributed by atoms with Gasteiger partial charge in [-0.05, 0) is 105 Å². The van der Waals surface area contributed by atoms with Crippen LogP contribution in [0.25, 0.3) is 0 Å². The second-order valence-corrected chi connectivity index (χ2v) is 10.3. The van der Waals surface area contributed by atoms with Crippen molar-refractivity contribution in [1.29, 1.82) is 0 Å². The number of rotatable bonds is 3. The van der Waals surface area contributed by atoms with Crippen molar-refractivity contribution >= 4 is 23.0 Å². The minimum Gasteiger partial charge on any atom is -0.368 e. The van der Waals surface area contributed by atoms with Gasteiger partial charge < -0.3 is 15.1 Å². The van der Waals surface area contributed by atoms with Gasteiger partial charge in [0.25, 0.3) is 0 Å². The molecule has 6 rings (SSSR count). The minimum absolute atomic E-state index is 0.175. The lowest BCUT2D eigenvalue weighted by atomic mass is 9.48. The quantitative estimate of drug-likeness (QED) is 0.755.